The molecule has 1 aliphatic rings. The van der Waals surface area contributed by atoms with Crippen molar-refractivity contribution >= 4 is 33.2 Å². The van der Waals surface area contributed by atoms with Crippen molar-refractivity contribution in [2.45, 2.75) is 23.3 Å². The third-order valence-corrected chi connectivity index (χ3v) is 7.51. The summed E-state index contributed by atoms with van der Waals surface area (Å²) in [6.07, 6.45) is 1.69. The molecule has 4 aromatic rings. The summed E-state index contributed by atoms with van der Waals surface area (Å²) in [7, 11) is -3.28. The highest BCUT2D eigenvalue weighted by atomic mass is 32.2. The number of likely N-dealkylation sites (tertiary alicyclic amines) is 1. The Balaban J connectivity index is 1.39. The highest BCUT2D eigenvalue weighted by Gasteiger charge is 2.31. The number of nitrogens with zero attached hydrogens (tertiary/aromatic N) is 4. The van der Waals surface area contributed by atoms with Gasteiger partial charge in [-0.15, -0.1) is 5.10 Å². The zero-order chi connectivity index (χ0) is 25.4. The van der Waals surface area contributed by atoms with E-state index in [1.165, 1.54) is 11.2 Å². The second-order valence-corrected chi connectivity index (χ2v) is 10.9. The van der Waals surface area contributed by atoms with E-state index in [-0.39, 0.29) is 17.4 Å². The Morgan fingerprint density at radius 1 is 1.11 bits per heavy atom. The summed E-state index contributed by atoms with van der Waals surface area (Å²) >= 11 is 0. The van der Waals surface area contributed by atoms with Gasteiger partial charge in [0.2, 0.25) is 5.95 Å². The number of aliphatic hydroxyl groups is 1. The summed E-state index contributed by atoms with van der Waals surface area (Å²) in [4.78, 5) is 17.3. The maximum absolute atomic E-state index is 11.8. The second-order valence-electron chi connectivity index (χ2n) is 8.86. The second kappa shape index (κ2) is 9.25. The van der Waals surface area contributed by atoms with Crippen LogP contribution in [0.15, 0.2) is 71.8 Å². The van der Waals surface area contributed by atoms with Crippen LogP contribution in [0.3, 0.4) is 0 Å². The first-order valence-corrected chi connectivity index (χ1v) is 13.3. The molecule has 1 saturated heterocycles. The smallest absolute Gasteiger partial charge is 0.407 e. The highest BCUT2D eigenvalue weighted by molar-refractivity contribution is 7.90. The number of pyridine rings is 1. The van der Waals surface area contributed by atoms with E-state index in [4.69, 9.17) is 0 Å². The van der Waals surface area contributed by atoms with Crippen molar-refractivity contribution in [3.8, 4) is 11.1 Å². The molecule has 1 aliphatic heterocycles. The van der Waals surface area contributed by atoms with Crippen molar-refractivity contribution < 1.29 is 23.4 Å². The molecule has 0 bridgehead atoms. The lowest BCUT2D eigenvalue weighted by molar-refractivity contribution is 0.0504. The van der Waals surface area contributed by atoms with Crippen molar-refractivity contribution in [1.82, 2.24) is 19.5 Å². The van der Waals surface area contributed by atoms with Crippen LogP contribution in [-0.2, 0) is 9.84 Å². The molecule has 36 heavy (non-hydrogen) atoms. The predicted molar refractivity (Wildman–Crippen MR) is 134 cm³/mol. The Bertz CT molecular complexity index is 1530. The average Bonchev–Trinajstić information content (AvgIpc) is 3.26. The quantitative estimate of drug-likeness (QED) is 0.374. The molecule has 1 fully saturated rings. The number of rotatable bonds is 5. The van der Waals surface area contributed by atoms with Gasteiger partial charge in [0.15, 0.2) is 15.5 Å². The van der Waals surface area contributed by atoms with Gasteiger partial charge >= 0.3 is 6.09 Å². The molecule has 3 heterocycles. The van der Waals surface area contributed by atoms with E-state index in [2.05, 4.69) is 15.4 Å². The zero-order valence-electron chi connectivity index (χ0n) is 19.4. The number of aromatic nitrogens is 3. The number of hydrogen-bond donors (Lipinski definition) is 3. The Morgan fingerprint density at radius 2 is 1.89 bits per heavy atom. The van der Waals surface area contributed by atoms with Crippen LogP contribution in [0.25, 0.3) is 16.8 Å². The van der Waals surface area contributed by atoms with Gasteiger partial charge in [-0.25, -0.2) is 17.7 Å². The molecule has 2 aromatic carbocycles. The highest BCUT2D eigenvalue weighted by Crippen LogP contribution is 2.31. The molecule has 5 rings (SSSR count). The number of β-amino-alcohol motifs (C(OH)–C–C–N with tert-alkyl or cyclic N) is 1. The molecule has 0 aliphatic carbocycles. The number of carboxylic acid groups (broad SMARTS) is 1. The predicted octanol–water partition coefficient (Wildman–Crippen LogP) is 3.37. The van der Waals surface area contributed by atoms with Gasteiger partial charge in [-0.3, -0.25) is 0 Å². The number of fused-ring (bicyclic) bond motifs is 1. The number of amides is 1. The topological polar surface area (TPSA) is 137 Å². The van der Waals surface area contributed by atoms with Gasteiger partial charge in [-0.2, -0.15) is 4.98 Å². The third-order valence-electron chi connectivity index (χ3n) is 6.38. The lowest BCUT2D eigenvalue weighted by Gasteiger charge is -2.34. The number of benzene rings is 2. The average molecular weight is 508 g/mol. The van der Waals surface area contributed by atoms with Gasteiger partial charge in [-0.05, 0) is 53.9 Å². The molecular formula is C25H25N5O5S. The van der Waals surface area contributed by atoms with Crippen LogP contribution in [0.5, 0.6) is 0 Å². The summed E-state index contributed by atoms with van der Waals surface area (Å²) in [5, 5.41) is 27.4. The first-order valence-electron chi connectivity index (χ1n) is 11.4. The van der Waals surface area contributed by atoms with Gasteiger partial charge < -0.3 is 20.4 Å². The fraction of sp³-hybridized carbons (Fsp3) is 0.240. The van der Waals surface area contributed by atoms with Crippen LogP contribution in [0.1, 0.15) is 17.9 Å². The third kappa shape index (κ3) is 4.75. The fourth-order valence-electron chi connectivity index (χ4n) is 4.54. The van der Waals surface area contributed by atoms with Gasteiger partial charge in [0.1, 0.15) is 0 Å². The van der Waals surface area contributed by atoms with Crippen LogP contribution >= 0.6 is 0 Å². The van der Waals surface area contributed by atoms with E-state index < -0.39 is 22.0 Å². The van der Waals surface area contributed by atoms with E-state index >= 15 is 0 Å². The van der Waals surface area contributed by atoms with Crippen LogP contribution < -0.4 is 5.32 Å². The minimum Gasteiger partial charge on any atom is -0.465 e. The summed E-state index contributed by atoms with van der Waals surface area (Å²) in [5.41, 5.74) is 3.89. The minimum atomic E-state index is -3.28. The lowest BCUT2D eigenvalue weighted by Crippen LogP contribution is -2.45. The Hall–Kier alpha value is -3.96. The first-order chi connectivity index (χ1) is 17.2. The van der Waals surface area contributed by atoms with Gasteiger partial charge in [0.25, 0.3) is 0 Å². The molecular weight excluding hydrogens is 482 g/mol. The van der Waals surface area contributed by atoms with E-state index in [9.17, 15) is 23.4 Å². The monoisotopic (exact) mass is 507 g/mol. The number of carbonyl (C=O) groups is 1. The number of anilines is 2. The molecule has 0 radical (unpaired) electrons. The standard InChI is InChI=1S/C25H25N5O5S/c1-36(34,35)19-9-7-16(8-10-19)21-6-3-12-30-23(21)27-24(28-30)26-18-5-2-4-17(14-18)20-11-13-29(25(32)33)15-22(20)31/h2-10,12,14,20,22,31H,11,13,15H2,1H3,(H,26,28)(H,32,33)/t20-,22-/m0/s1. The molecule has 11 heteroatoms. The fourth-order valence-corrected chi connectivity index (χ4v) is 5.17. The molecule has 0 spiro atoms. The molecule has 0 unspecified atom stereocenters. The molecule has 10 nitrogen and oxygen atoms in total. The molecule has 2 atom stereocenters. The largest absolute Gasteiger partial charge is 0.465 e. The Labute approximate surface area is 207 Å². The SMILES string of the molecule is CS(=O)(=O)c1ccc(-c2cccn3nc(Nc4cccc([C@@H]5CCN(C(=O)O)C[C@@H]5O)c4)nc23)cc1. The van der Waals surface area contributed by atoms with Crippen LogP contribution in [0.4, 0.5) is 16.4 Å². The minimum absolute atomic E-state index is 0.0829. The maximum atomic E-state index is 11.8. The van der Waals surface area contributed by atoms with E-state index in [0.29, 0.717) is 24.6 Å². The zero-order valence-corrected chi connectivity index (χ0v) is 20.3. The molecule has 1 amide bonds. The van der Waals surface area contributed by atoms with Crippen molar-refractivity contribution in [2.75, 3.05) is 24.7 Å². The normalized spacial score (nSPS) is 18.3. The maximum Gasteiger partial charge on any atom is 0.407 e. The van der Waals surface area contributed by atoms with Gasteiger partial charge in [0, 0.05) is 36.2 Å². The summed E-state index contributed by atoms with van der Waals surface area (Å²) in [5.74, 6) is 0.214. The summed E-state index contributed by atoms with van der Waals surface area (Å²) in [6, 6.07) is 18.0. The number of aliphatic hydroxyl groups excluding tert-OH is 1. The van der Waals surface area contributed by atoms with Crippen LogP contribution in [0.2, 0.25) is 0 Å². The van der Waals surface area contributed by atoms with E-state index in [1.54, 1.807) is 35.0 Å². The molecule has 186 valence electrons. The van der Waals surface area contributed by atoms with Crippen LogP contribution in [-0.4, -0.2) is 69.7 Å². The summed E-state index contributed by atoms with van der Waals surface area (Å²) < 4.78 is 25.2. The van der Waals surface area contributed by atoms with E-state index in [1.807, 2.05) is 36.4 Å². The molecule has 3 N–H and O–H groups in total. The van der Waals surface area contributed by atoms with Crippen molar-refractivity contribution in [2.24, 2.45) is 0 Å². The first kappa shape index (κ1) is 23.8. The van der Waals surface area contributed by atoms with Crippen LogP contribution in [0, 0.1) is 0 Å². The number of piperidine rings is 1. The Morgan fingerprint density at radius 3 is 2.58 bits per heavy atom. The van der Waals surface area contributed by atoms with Crippen molar-refractivity contribution in [3.63, 3.8) is 0 Å². The Kier molecular flexibility index (Phi) is 6.10. The van der Waals surface area contributed by atoms with Crippen molar-refractivity contribution in [1.29, 1.82) is 0 Å². The van der Waals surface area contributed by atoms with Crippen molar-refractivity contribution in [3.05, 3.63) is 72.4 Å². The number of sulfone groups is 1. The molecule has 2 aromatic heterocycles. The van der Waals surface area contributed by atoms with Gasteiger partial charge in [-0.1, -0.05) is 24.3 Å². The molecule has 0 saturated carbocycles. The summed E-state index contributed by atoms with van der Waals surface area (Å²) in [6.45, 7) is 0.455. The van der Waals surface area contributed by atoms with E-state index in [0.717, 1.165) is 22.4 Å². The van der Waals surface area contributed by atoms with Gasteiger partial charge in [0.05, 0.1) is 17.5 Å². The lowest BCUT2D eigenvalue weighted by atomic mass is 9.87. The number of nitrogens with one attached hydrogen (secondary N) is 1. The number of hydrogen-bond acceptors (Lipinski definition) is 7.